The predicted molar refractivity (Wildman–Crippen MR) is 77.8 cm³/mol. The van der Waals surface area contributed by atoms with Gasteiger partial charge in [-0.3, -0.25) is 9.48 Å². The summed E-state index contributed by atoms with van der Waals surface area (Å²) in [5, 5.41) is 8.01. The number of carbonyl (C=O) groups is 1. The Morgan fingerprint density at radius 1 is 1.40 bits per heavy atom. The molecular formula is C15H16ClN3O. The highest BCUT2D eigenvalue weighted by Gasteiger charge is 2.24. The summed E-state index contributed by atoms with van der Waals surface area (Å²) < 4.78 is 1.90. The standard InChI is InChI=1S/C15H16ClN3O/c1-19-14-4-2-3-13(12(14)9-17-19)18-15(20)10-5-7-11(16)8-6-10/h5-9,13H,2-4H2,1H3,(H,18,20)/t13-/m0/s1. The Morgan fingerprint density at radius 3 is 2.90 bits per heavy atom. The van der Waals surface area contributed by atoms with Crippen LogP contribution in [0.25, 0.3) is 0 Å². The van der Waals surface area contributed by atoms with E-state index in [9.17, 15) is 4.79 Å². The molecule has 20 heavy (non-hydrogen) atoms. The Bertz CT molecular complexity index is 633. The molecule has 1 amide bonds. The first-order chi connectivity index (χ1) is 9.65. The van der Waals surface area contributed by atoms with Gasteiger partial charge >= 0.3 is 0 Å². The highest BCUT2D eigenvalue weighted by atomic mass is 35.5. The molecule has 3 rings (SSSR count). The van der Waals surface area contributed by atoms with Crippen LogP contribution < -0.4 is 5.32 Å². The third-order valence-electron chi connectivity index (χ3n) is 3.79. The largest absolute Gasteiger partial charge is 0.345 e. The number of aromatic nitrogens is 2. The zero-order valence-electron chi connectivity index (χ0n) is 11.3. The van der Waals surface area contributed by atoms with Crippen LogP contribution >= 0.6 is 11.6 Å². The van der Waals surface area contributed by atoms with Crippen LogP contribution in [-0.2, 0) is 13.5 Å². The smallest absolute Gasteiger partial charge is 0.251 e. The molecule has 1 aliphatic carbocycles. The molecule has 1 aromatic carbocycles. The third kappa shape index (κ3) is 2.43. The molecule has 0 fully saturated rings. The fraction of sp³-hybridized carbons (Fsp3) is 0.333. The van der Waals surface area contributed by atoms with Crippen LogP contribution in [0.1, 0.15) is 40.5 Å². The van der Waals surface area contributed by atoms with E-state index in [1.807, 2.05) is 17.9 Å². The van der Waals surface area contributed by atoms with Crippen molar-refractivity contribution < 1.29 is 4.79 Å². The van der Waals surface area contributed by atoms with Gasteiger partial charge in [0, 0.05) is 28.9 Å². The minimum absolute atomic E-state index is 0.0515. The predicted octanol–water partition coefficient (Wildman–Crippen LogP) is 2.88. The molecule has 0 unspecified atom stereocenters. The summed E-state index contributed by atoms with van der Waals surface area (Å²) in [6.07, 6.45) is 4.91. The van der Waals surface area contributed by atoms with Crippen molar-refractivity contribution in [2.45, 2.75) is 25.3 Å². The Labute approximate surface area is 122 Å². The van der Waals surface area contributed by atoms with Crippen molar-refractivity contribution in [3.8, 4) is 0 Å². The second kappa shape index (κ2) is 5.29. The molecule has 0 bridgehead atoms. The molecule has 1 aromatic heterocycles. The van der Waals surface area contributed by atoms with Crippen molar-refractivity contribution in [3.05, 3.63) is 52.3 Å². The maximum atomic E-state index is 12.3. The van der Waals surface area contributed by atoms with Crippen molar-refractivity contribution in [2.75, 3.05) is 0 Å². The molecule has 1 N–H and O–H groups in total. The number of fused-ring (bicyclic) bond motifs is 1. The van der Waals surface area contributed by atoms with Gasteiger partial charge < -0.3 is 5.32 Å². The zero-order valence-corrected chi connectivity index (χ0v) is 12.0. The number of halogens is 1. The van der Waals surface area contributed by atoms with Crippen LogP contribution in [0.15, 0.2) is 30.5 Å². The van der Waals surface area contributed by atoms with Gasteiger partial charge in [-0.15, -0.1) is 0 Å². The van der Waals surface area contributed by atoms with Crippen molar-refractivity contribution in [2.24, 2.45) is 7.05 Å². The molecule has 5 heteroatoms. The van der Waals surface area contributed by atoms with Gasteiger partial charge in [-0.1, -0.05) is 11.6 Å². The Kier molecular flexibility index (Phi) is 3.49. The quantitative estimate of drug-likeness (QED) is 0.924. The average molecular weight is 290 g/mol. The lowest BCUT2D eigenvalue weighted by Gasteiger charge is -2.23. The summed E-state index contributed by atoms with van der Waals surface area (Å²) in [6.45, 7) is 0. The van der Waals surface area contributed by atoms with Crippen molar-refractivity contribution in [3.63, 3.8) is 0 Å². The number of aryl methyl sites for hydroxylation is 1. The normalized spacial score (nSPS) is 17.6. The first-order valence-electron chi connectivity index (χ1n) is 6.72. The molecular weight excluding hydrogens is 274 g/mol. The average Bonchev–Trinajstić information content (AvgIpc) is 2.82. The number of carbonyl (C=O) groups excluding carboxylic acids is 1. The van der Waals surface area contributed by atoms with E-state index < -0.39 is 0 Å². The highest BCUT2D eigenvalue weighted by molar-refractivity contribution is 6.30. The van der Waals surface area contributed by atoms with Crippen LogP contribution in [0.2, 0.25) is 5.02 Å². The van der Waals surface area contributed by atoms with Gasteiger partial charge in [0.2, 0.25) is 0 Å². The van der Waals surface area contributed by atoms with E-state index in [1.54, 1.807) is 24.3 Å². The fourth-order valence-corrected chi connectivity index (χ4v) is 2.82. The van der Waals surface area contributed by atoms with Crippen LogP contribution in [-0.4, -0.2) is 15.7 Å². The summed E-state index contributed by atoms with van der Waals surface area (Å²) in [7, 11) is 1.95. The maximum Gasteiger partial charge on any atom is 0.251 e. The van der Waals surface area contributed by atoms with E-state index >= 15 is 0 Å². The van der Waals surface area contributed by atoms with E-state index in [2.05, 4.69) is 10.4 Å². The van der Waals surface area contributed by atoms with Gasteiger partial charge in [0.05, 0.1) is 12.2 Å². The van der Waals surface area contributed by atoms with Gasteiger partial charge in [0.1, 0.15) is 0 Å². The Morgan fingerprint density at radius 2 is 2.15 bits per heavy atom. The zero-order chi connectivity index (χ0) is 14.1. The first-order valence-corrected chi connectivity index (χ1v) is 7.10. The summed E-state index contributed by atoms with van der Waals surface area (Å²) in [4.78, 5) is 12.3. The van der Waals surface area contributed by atoms with Crippen molar-refractivity contribution in [1.29, 1.82) is 0 Å². The molecule has 1 heterocycles. The fourth-order valence-electron chi connectivity index (χ4n) is 2.70. The third-order valence-corrected chi connectivity index (χ3v) is 4.04. The van der Waals surface area contributed by atoms with Crippen LogP contribution in [0.4, 0.5) is 0 Å². The number of hydrogen-bond acceptors (Lipinski definition) is 2. The lowest BCUT2D eigenvalue weighted by atomic mass is 9.93. The first kappa shape index (κ1) is 13.2. The monoisotopic (exact) mass is 289 g/mol. The lowest BCUT2D eigenvalue weighted by molar-refractivity contribution is 0.0932. The minimum Gasteiger partial charge on any atom is -0.345 e. The SMILES string of the molecule is Cn1ncc2c1CCC[C@@H]2NC(=O)c1ccc(Cl)cc1. The number of nitrogens with one attached hydrogen (secondary N) is 1. The molecule has 4 nitrogen and oxygen atoms in total. The highest BCUT2D eigenvalue weighted by Crippen LogP contribution is 2.29. The van der Waals surface area contributed by atoms with E-state index in [-0.39, 0.29) is 11.9 Å². The lowest BCUT2D eigenvalue weighted by Crippen LogP contribution is -2.30. The van der Waals surface area contributed by atoms with Crippen molar-refractivity contribution in [1.82, 2.24) is 15.1 Å². The molecule has 2 aromatic rings. The number of benzene rings is 1. The number of amides is 1. The minimum atomic E-state index is -0.0663. The van der Waals surface area contributed by atoms with Crippen LogP contribution in [0.3, 0.4) is 0 Å². The van der Waals surface area contributed by atoms with Gasteiger partial charge in [-0.05, 0) is 43.5 Å². The van der Waals surface area contributed by atoms with E-state index in [4.69, 9.17) is 11.6 Å². The molecule has 0 radical (unpaired) electrons. The van der Waals surface area contributed by atoms with Gasteiger partial charge in [-0.25, -0.2) is 0 Å². The molecule has 0 aliphatic heterocycles. The van der Waals surface area contributed by atoms with Gasteiger partial charge in [0.25, 0.3) is 5.91 Å². The van der Waals surface area contributed by atoms with E-state index in [0.717, 1.165) is 24.8 Å². The Balaban J connectivity index is 1.78. The maximum absolute atomic E-state index is 12.3. The van der Waals surface area contributed by atoms with Gasteiger partial charge in [0.15, 0.2) is 0 Å². The van der Waals surface area contributed by atoms with Crippen molar-refractivity contribution >= 4 is 17.5 Å². The second-order valence-corrected chi connectivity index (χ2v) is 5.53. The van der Waals surface area contributed by atoms with Gasteiger partial charge in [-0.2, -0.15) is 5.10 Å². The summed E-state index contributed by atoms with van der Waals surface area (Å²) in [5.41, 5.74) is 2.99. The Hall–Kier alpha value is -1.81. The summed E-state index contributed by atoms with van der Waals surface area (Å²) in [6, 6.07) is 6.99. The molecule has 0 saturated carbocycles. The van der Waals surface area contributed by atoms with Crippen LogP contribution in [0.5, 0.6) is 0 Å². The molecule has 0 spiro atoms. The number of rotatable bonds is 2. The molecule has 104 valence electrons. The number of hydrogen-bond donors (Lipinski definition) is 1. The topological polar surface area (TPSA) is 46.9 Å². The molecule has 1 aliphatic rings. The molecule has 0 saturated heterocycles. The van der Waals surface area contributed by atoms with Crippen LogP contribution in [0, 0.1) is 0 Å². The summed E-state index contributed by atoms with van der Waals surface area (Å²) in [5.74, 6) is -0.0663. The number of nitrogens with zero attached hydrogens (tertiary/aromatic N) is 2. The summed E-state index contributed by atoms with van der Waals surface area (Å²) >= 11 is 5.84. The molecule has 1 atom stereocenters. The van der Waals surface area contributed by atoms with E-state index in [0.29, 0.717) is 10.6 Å². The second-order valence-electron chi connectivity index (χ2n) is 5.10. The van der Waals surface area contributed by atoms with E-state index in [1.165, 1.54) is 5.69 Å².